The molecule has 2 unspecified atom stereocenters. The maximum atomic E-state index is 12.2. The molecule has 21 heavy (non-hydrogen) atoms. The fourth-order valence-electron chi connectivity index (χ4n) is 1.59. The second kappa shape index (κ2) is 6.99. The van der Waals surface area contributed by atoms with Gasteiger partial charge >= 0.3 is 5.97 Å². The maximum absolute atomic E-state index is 12.2. The third kappa shape index (κ3) is 4.50. The van der Waals surface area contributed by atoms with E-state index in [2.05, 4.69) is 9.46 Å². The third-order valence-corrected chi connectivity index (χ3v) is 4.59. The lowest BCUT2D eigenvalue weighted by Crippen LogP contribution is -2.43. The second-order valence-corrected chi connectivity index (χ2v) is 6.46. The van der Waals surface area contributed by atoms with Gasteiger partial charge in [-0.3, -0.25) is 0 Å². The van der Waals surface area contributed by atoms with E-state index in [9.17, 15) is 18.3 Å². The number of esters is 1. The summed E-state index contributed by atoms with van der Waals surface area (Å²) in [4.78, 5) is 11.4. The van der Waals surface area contributed by atoms with Gasteiger partial charge in [0.05, 0.1) is 23.7 Å². The van der Waals surface area contributed by atoms with E-state index in [0.29, 0.717) is 5.56 Å². The minimum Gasteiger partial charge on any atom is -0.465 e. The number of aliphatic hydroxyl groups excluding tert-OH is 1. The molecule has 4 N–H and O–H groups in total. The number of methoxy groups -OCH3 is 1. The molecule has 0 aromatic heterocycles. The average Bonchev–Trinajstić information content (AvgIpc) is 2.44. The molecule has 8 heteroatoms. The number of hydrogen-bond acceptors (Lipinski definition) is 6. The molecule has 0 bridgehead atoms. The number of nitrogens with one attached hydrogen (secondary N) is 1. The summed E-state index contributed by atoms with van der Waals surface area (Å²) in [7, 11) is -2.61. The van der Waals surface area contributed by atoms with Crippen molar-refractivity contribution in [3.8, 4) is 0 Å². The van der Waals surface area contributed by atoms with E-state index in [1.165, 1.54) is 32.2 Å². The highest BCUT2D eigenvalue weighted by atomic mass is 32.2. The highest BCUT2D eigenvalue weighted by molar-refractivity contribution is 7.89. The fourth-order valence-corrected chi connectivity index (χ4v) is 2.93. The first-order valence-corrected chi connectivity index (χ1v) is 7.79. The molecule has 0 saturated carbocycles. The fraction of sp³-hybridized carbons (Fsp3) is 0.462. The van der Waals surface area contributed by atoms with Crippen LogP contribution in [0.1, 0.15) is 22.8 Å². The minimum absolute atomic E-state index is 0.0248. The SMILES string of the molecule is COC(=O)c1ccc(C)c(S(=O)(=O)NCC(N)C(C)O)c1. The van der Waals surface area contributed by atoms with Crippen molar-refractivity contribution in [2.45, 2.75) is 30.9 Å². The van der Waals surface area contributed by atoms with Gasteiger partial charge in [-0.05, 0) is 31.5 Å². The van der Waals surface area contributed by atoms with Crippen LogP contribution in [0.4, 0.5) is 0 Å². The summed E-state index contributed by atoms with van der Waals surface area (Å²) in [5.74, 6) is -0.618. The molecule has 0 amide bonds. The molecular formula is C13H20N2O5S. The molecule has 1 aromatic rings. The van der Waals surface area contributed by atoms with Crippen LogP contribution in [-0.4, -0.2) is 45.3 Å². The summed E-state index contributed by atoms with van der Waals surface area (Å²) in [5, 5.41) is 9.27. The van der Waals surface area contributed by atoms with Crippen LogP contribution in [0, 0.1) is 6.92 Å². The largest absolute Gasteiger partial charge is 0.465 e. The first-order chi connectivity index (χ1) is 9.69. The van der Waals surface area contributed by atoms with Gasteiger partial charge in [0, 0.05) is 12.6 Å². The highest BCUT2D eigenvalue weighted by Crippen LogP contribution is 2.17. The number of carbonyl (C=O) groups is 1. The lowest BCUT2D eigenvalue weighted by Gasteiger charge is -2.16. The molecule has 7 nitrogen and oxygen atoms in total. The second-order valence-electron chi connectivity index (χ2n) is 4.73. The zero-order chi connectivity index (χ0) is 16.2. The van der Waals surface area contributed by atoms with E-state index in [4.69, 9.17) is 5.73 Å². The van der Waals surface area contributed by atoms with Gasteiger partial charge in [-0.15, -0.1) is 0 Å². The number of aliphatic hydroxyl groups is 1. The Hall–Kier alpha value is -1.48. The number of carbonyl (C=O) groups excluding carboxylic acids is 1. The molecule has 1 aromatic carbocycles. The number of rotatable bonds is 6. The number of hydrogen-bond donors (Lipinski definition) is 3. The van der Waals surface area contributed by atoms with E-state index in [-0.39, 0.29) is 17.0 Å². The molecular weight excluding hydrogens is 296 g/mol. The van der Waals surface area contributed by atoms with E-state index in [1.54, 1.807) is 6.92 Å². The van der Waals surface area contributed by atoms with Crippen molar-refractivity contribution in [2.24, 2.45) is 5.73 Å². The number of benzene rings is 1. The lowest BCUT2D eigenvalue weighted by molar-refractivity contribution is 0.0600. The standard InChI is InChI=1S/C13H20N2O5S/c1-8-4-5-10(13(17)20-3)6-12(8)21(18,19)15-7-11(14)9(2)16/h4-6,9,11,15-16H,7,14H2,1-3H3. The van der Waals surface area contributed by atoms with E-state index in [1.807, 2.05) is 0 Å². The molecule has 2 atom stereocenters. The zero-order valence-corrected chi connectivity index (χ0v) is 13.0. The summed E-state index contributed by atoms with van der Waals surface area (Å²) in [6.07, 6.45) is -0.838. The van der Waals surface area contributed by atoms with E-state index in [0.717, 1.165) is 0 Å². The van der Waals surface area contributed by atoms with Gasteiger partial charge in [0.25, 0.3) is 0 Å². The predicted octanol–water partition coefficient (Wildman–Crippen LogP) is -0.232. The predicted molar refractivity (Wildman–Crippen MR) is 77.4 cm³/mol. The first kappa shape index (κ1) is 17.6. The summed E-state index contributed by atoms with van der Waals surface area (Å²) in [6, 6.07) is 3.54. The van der Waals surface area contributed by atoms with Crippen LogP contribution >= 0.6 is 0 Å². The summed E-state index contributed by atoms with van der Waals surface area (Å²) in [5.41, 5.74) is 6.22. The summed E-state index contributed by atoms with van der Waals surface area (Å²) in [6.45, 7) is 2.98. The quantitative estimate of drug-likeness (QED) is 0.624. The molecule has 0 aliphatic heterocycles. The van der Waals surface area contributed by atoms with Crippen LogP contribution < -0.4 is 10.5 Å². The molecule has 0 spiro atoms. The van der Waals surface area contributed by atoms with E-state index < -0.39 is 28.1 Å². The number of sulfonamides is 1. The van der Waals surface area contributed by atoms with Crippen molar-refractivity contribution in [2.75, 3.05) is 13.7 Å². The van der Waals surface area contributed by atoms with Crippen LogP contribution in [0.2, 0.25) is 0 Å². The molecule has 118 valence electrons. The molecule has 0 aliphatic carbocycles. The molecule has 1 rings (SSSR count). The van der Waals surface area contributed by atoms with Crippen LogP contribution in [0.5, 0.6) is 0 Å². The van der Waals surface area contributed by atoms with Crippen molar-refractivity contribution < 1.29 is 23.1 Å². The molecule has 0 fully saturated rings. The van der Waals surface area contributed by atoms with Gasteiger partial charge in [-0.2, -0.15) is 0 Å². The lowest BCUT2D eigenvalue weighted by atomic mass is 10.1. The molecule has 0 saturated heterocycles. The number of nitrogens with two attached hydrogens (primary N) is 1. The monoisotopic (exact) mass is 316 g/mol. The molecule has 0 radical (unpaired) electrons. The van der Waals surface area contributed by atoms with Crippen LogP contribution in [-0.2, 0) is 14.8 Å². The van der Waals surface area contributed by atoms with Crippen LogP contribution in [0.25, 0.3) is 0 Å². The maximum Gasteiger partial charge on any atom is 0.337 e. The average molecular weight is 316 g/mol. The Morgan fingerprint density at radius 1 is 1.48 bits per heavy atom. The first-order valence-electron chi connectivity index (χ1n) is 6.31. The van der Waals surface area contributed by atoms with Gasteiger partial charge in [0.2, 0.25) is 10.0 Å². The van der Waals surface area contributed by atoms with Gasteiger partial charge in [0.1, 0.15) is 0 Å². The molecule has 0 heterocycles. The van der Waals surface area contributed by atoms with Crippen molar-refractivity contribution >= 4 is 16.0 Å². The summed E-state index contributed by atoms with van der Waals surface area (Å²) < 4.78 is 31.4. The summed E-state index contributed by atoms with van der Waals surface area (Å²) >= 11 is 0. The zero-order valence-electron chi connectivity index (χ0n) is 12.2. The Bertz CT molecular complexity index is 613. The smallest absolute Gasteiger partial charge is 0.337 e. The Morgan fingerprint density at radius 2 is 2.10 bits per heavy atom. The minimum atomic E-state index is -3.83. The third-order valence-electron chi connectivity index (χ3n) is 3.03. The van der Waals surface area contributed by atoms with Crippen molar-refractivity contribution in [1.29, 1.82) is 0 Å². The van der Waals surface area contributed by atoms with Crippen molar-refractivity contribution in [1.82, 2.24) is 4.72 Å². The van der Waals surface area contributed by atoms with Crippen molar-refractivity contribution in [3.05, 3.63) is 29.3 Å². The van der Waals surface area contributed by atoms with Gasteiger partial charge in [0.15, 0.2) is 0 Å². The van der Waals surface area contributed by atoms with Gasteiger partial charge < -0.3 is 15.6 Å². The topological polar surface area (TPSA) is 119 Å². The van der Waals surface area contributed by atoms with E-state index >= 15 is 0 Å². The normalized spacial score (nSPS) is 14.5. The van der Waals surface area contributed by atoms with Crippen molar-refractivity contribution in [3.63, 3.8) is 0 Å². The number of aryl methyl sites for hydroxylation is 1. The Labute approximate surface area is 124 Å². The highest BCUT2D eigenvalue weighted by Gasteiger charge is 2.21. The Morgan fingerprint density at radius 3 is 2.62 bits per heavy atom. The van der Waals surface area contributed by atoms with Gasteiger partial charge in [-0.25, -0.2) is 17.9 Å². The number of ether oxygens (including phenoxy) is 1. The molecule has 0 aliphatic rings. The van der Waals surface area contributed by atoms with Crippen LogP contribution in [0.15, 0.2) is 23.1 Å². The Kier molecular flexibility index (Phi) is 5.85. The van der Waals surface area contributed by atoms with Gasteiger partial charge in [-0.1, -0.05) is 6.07 Å². The Balaban J connectivity index is 3.05. The van der Waals surface area contributed by atoms with Crippen LogP contribution in [0.3, 0.4) is 0 Å².